The molecule has 6 atom stereocenters. The zero-order valence-corrected chi connectivity index (χ0v) is 16.6. The summed E-state index contributed by atoms with van der Waals surface area (Å²) in [4.78, 5) is 40.1. The van der Waals surface area contributed by atoms with Gasteiger partial charge in [-0.15, -0.1) is 0 Å². The maximum atomic E-state index is 13.2. The number of rotatable bonds is 5. The van der Waals surface area contributed by atoms with Gasteiger partial charge in [0.2, 0.25) is 11.8 Å². The maximum absolute atomic E-state index is 13.2. The van der Waals surface area contributed by atoms with E-state index in [1.54, 1.807) is 24.3 Å². The molecule has 156 valence electrons. The van der Waals surface area contributed by atoms with Crippen LogP contribution in [0.1, 0.15) is 16.8 Å². The Hall–Kier alpha value is -3.28. The van der Waals surface area contributed by atoms with E-state index < -0.39 is 5.82 Å². The topological polar surface area (TPSA) is 63.7 Å². The first kappa shape index (κ1) is 18.5. The zero-order chi connectivity index (χ0) is 21.3. The van der Waals surface area contributed by atoms with E-state index in [-0.39, 0.29) is 47.9 Å². The quantitative estimate of drug-likeness (QED) is 0.423. The molecule has 1 heterocycles. The molecule has 2 saturated carbocycles. The highest BCUT2D eigenvalue weighted by Crippen LogP contribution is 2.65. The number of amides is 2. The van der Waals surface area contributed by atoms with Gasteiger partial charge < -0.3 is 4.74 Å². The highest BCUT2D eigenvalue weighted by Gasteiger charge is 2.67. The van der Waals surface area contributed by atoms with Crippen LogP contribution in [0.4, 0.5) is 10.1 Å². The Bertz CT molecular complexity index is 1100. The van der Waals surface area contributed by atoms with Crippen LogP contribution in [0, 0.1) is 41.3 Å². The Morgan fingerprint density at radius 3 is 2.26 bits per heavy atom. The van der Waals surface area contributed by atoms with Gasteiger partial charge in [0.25, 0.3) is 0 Å². The molecule has 0 unspecified atom stereocenters. The summed E-state index contributed by atoms with van der Waals surface area (Å²) in [5.74, 6) is 0.402. The van der Waals surface area contributed by atoms with Gasteiger partial charge in [-0.2, -0.15) is 0 Å². The van der Waals surface area contributed by atoms with E-state index >= 15 is 0 Å². The molecule has 2 bridgehead atoms. The van der Waals surface area contributed by atoms with Gasteiger partial charge in [-0.3, -0.25) is 14.4 Å². The normalized spacial score (nSPS) is 32.1. The van der Waals surface area contributed by atoms with E-state index in [0.29, 0.717) is 28.8 Å². The average Bonchev–Trinajstić information content (AvgIpc) is 3.56. The number of hydrogen-bond acceptors (Lipinski definition) is 4. The lowest BCUT2D eigenvalue weighted by atomic mass is 9.63. The average molecular weight is 417 g/mol. The highest BCUT2D eigenvalue weighted by molar-refractivity contribution is 6.22. The van der Waals surface area contributed by atoms with Gasteiger partial charge in [-0.1, -0.05) is 18.2 Å². The van der Waals surface area contributed by atoms with Gasteiger partial charge in [0, 0.05) is 11.6 Å². The summed E-state index contributed by atoms with van der Waals surface area (Å²) in [5.41, 5.74) is 0.831. The molecule has 6 heteroatoms. The second kappa shape index (κ2) is 6.61. The number of halogens is 1. The zero-order valence-electron chi connectivity index (χ0n) is 16.6. The van der Waals surface area contributed by atoms with Crippen LogP contribution in [0.2, 0.25) is 0 Å². The standard InChI is InChI=1S/C25H20FNO4/c26-14-6-4-13(5-7-14)21(28)12-31-16-3-1-2-15(10-16)27-24(29)22-17-8-9-18(20-11-19(17)20)23(22)25(27)30/h1-10,17-20,22-23H,11-12H2/t17-,18-,19-,20+,22+,23+/m0/s1. The minimum Gasteiger partial charge on any atom is -0.485 e. The van der Waals surface area contributed by atoms with Gasteiger partial charge >= 0.3 is 0 Å². The second-order valence-corrected chi connectivity index (χ2v) is 8.88. The van der Waals surface area contributed by atoms with E-state index in [0.717, 1.165) is 6.42 Å². The van der Waals surface area contributed by atoms with Gasteiger partial charge in [-0.05, 0) is 66.5 Å². The van der Waals surface area contributed by atoms with Crippen molar-refractivity contribution in [1.82, 2.24) is 0 Å². The number of ether oxygens (including phenoxy) is 1. The van der Waals surface area contributed by atoms with Crippen molar-refractivity contribution >= 4 is 23.3 Å². The number of ketones is 1. The molecule has 2 aromatic carbocycles. The van der Waals surface area contributed by atoms with Gasteiger partial charge in [0.15, 0.2) is 12.4 Å². The number of carbonyl (C=O) groups excluding carboxylic acids is 3. The maximum Gasteiger partial charge on any atom is 0.238 e. The monoisotopic (exact) mass is 417 g/mol. The Labute approximate surface area is 178 Å². The second-order valence-electron chi connectivity index (χ2n) is 8.88. The van der Waals surface area contributed by atoms with E-state index in [2.05, 4.69) is 12.2 Å². The molecule has 5 nitrogen and oxygen atoms in total. The van der Waals surface area contributed by atoms with Crippen LogP contribution < -0.4 is 9.64 Å². The van der Waals surface area contributed by atoms with Crippen molar-refractivity contribution < 1.29 is 23.5 Å². The summed E-state index contributed by atoms with van der Waals surface area (Å²) < 4.78 is 18.7. The van der Waals surface area contributed by atoms with E-state index in [4.69, 9.17) is 4.74 Å². The predicted molar refractivity (Wildman–Crippen MR) is 110 cm³/mol. The molecule has 0 N–H and O–H groups in total. The molecule has 2 aromatic rings. The minimum absolute atomic E-state index is 0.126. The molecule has 7 rings (SSSR count). The van der Waals surface area contributed by atoms with Crippen molar-refractivity contribution in [3.8, 4) is 5.75 Å². The number of hydrogen-bond donors (Lipinski definition) is 0. The fraction of sp³-hybridized carbons (Fsp3) is 0.320. The van der Waals surface area contributed by atoms with E-state index in [9.17, 15) is 18.8 Å². The Morgan fingerprint density at radius 1 is 0.968 bits per heavy atom. The molecular weight excluding hydrogens is 397 g/mol. The van der Waals surface area contributed by atoms with E-state index in [1.807, 2.05) is 0 Å². The van der Waals surface area contributed by atoms with Crippen LogP contribution in [0.25, 0.3) is 0 Å². The molecule has 31 heavy (non-hydrogen) atoms. The van der Waals surface area contributed by atoms with Gasteiger partial charge in [0.05, 0.1) is 17.5 Å². The number of Topliss-reactive ketones (excluding diaryl/α,β-unsaturated/α-hetero) is 1. The van der Waals surface area contributed by atoms with Crippen LogP contribution in [-0.2, 0) is 9.59 Å². The van der Waals surface area contributed by atoms with Crippen molar-refractivity contribution in [1.29, 1.82) is 0 Å². The Kier molecular flexibility index (Phi) is 3.94. The number of imide groups is 1. The number of anilines is 1. The summed E-state index contributed by atoms with van der Waals surface area (Å²) in [6.07, 6.45) is 5.42. The van der Waals surface area contributed by atoms with Gasteiger partial charge in [0.1, 0.15) is 11.6 Å². The lowest BCUT2D eigenvalue weighted by molar-refractivity contribution is -0.124. The lowest BCUT2D eigenvalue weighted by Crippen LogP contribution is -2.40. The summed E-state index contributed by atoms with van der Waals surface area (Å²) in [6, 6.07) is 12.0. The fourth-order valence-electron chi connectivity index (χ4n) is 5.79. The van der Waals surface area contributed by atoms with Crippen LogP contribution in [0.3, 0.4) is 0 Å². The van der Waals surface area contributed by atoms with Crippen LogP contribution in [0.5, 0.6) is 5.75 Å². The molecule has 5 aliphatic rings. The minimum atomic E-state index is -0.411. The third kappa shape index (κ3) is 2.77. The molecule has 0 radical (unpaired) electrons. The van der Waals surface area contributed by atoms with Crippen LogP contribution in [-0.4, -0.2) is 24.2 Å². The van der Waals surface area contributed by atoms with Crippen molar-refractivity contribution in [2.45, 2.75) is 6.42 Å². The molecule has 0 spiro atoms. The van der Waals surface area contributed by atoms with E-state index in [1.165, 1.54) is 29.2 Å². The predicted octanol–water partition coefficient (Wildman–Crippen LogP) is 3.64. The first-order valence-electron chi connectivity index (χ1n) is 10.6. The molecule has 1 aliphatic heterocycles. The first-order valence-corrected chi connectivity index (χ1v) is 10.6. The fourth-order valence-corrected chi connectivity index (χ4v) is 5.79. The van der Waals surface area contributed by atoms with Crippen molar-refractivity contribution in [3.63, 3.8) is 0 Å². The molecule has 0 aromatic heterocycles. The largest absolute Gasteiger partial charge is 0.485 e. The highest BCUT2D eigenvalue weighted by atomic mass is 19.1. The number of benzene rings is 2. The molecule has 3 fully saturated rings. The smallest absolute Gasteiger partial charge is 0.238 e. The van der Waals surface area contributed by atoms with Crippen LogP contribution in [0.15, 0.2) is 60.7 Å². The molecular formula is C25H20FNO4. The molecule has 4 aliphatic carbocycles. The van der Waals surface area contributed by atoms with Crippen LogP contribution >= 0.6 is 0 Å². The third-order valence-electron chi connectivity index (χ3n) is 7.27. The third-order valence-corrected chi connectivity index (χ3v) is 7.27. The summed E-state index contributed by atoms with van der Waals surface area (Å²) in [5, 5.41) is 0. The SMILES string of the molecule is O=C(COc1cccc(N2C(=O)[C@@H]3[C@H]4C=C[C@@H]([C@@H]5C[C@H]45)[C@H]3C2=O)c1)c1ccc(F)cc1. The molecule has 2 amide bonds. The Balaban J connectivity index is 1.20. The van der Waals surface area contributed by atoms with Crippen molar-refractivity contribution in [2.24, 2.45) is 35.5 Å². The number of carbonyl (C=O) groups is 3. The number of nitrogens with zero attached hydrogens (tertiary/aromatic N) is 1. The van der Waals surface area contributed by atoms with Crippen molar-refractivity contribution in [2.75, 3.05) is 11.5 Å². The summed E-state index contributed by atoms with van der Waals surface area (Å²) in [7, 11) is 0. The van der Waals surface area contributed by atoms with Gasteiger partial charge in [-0.25, -0.2) is 9.29 Å². The lowest BCUT2D eigenvalue weighted by Gasteiger charge is -2.37. The summed E-state index contributed by atoms with van der Waals surface area (Å²) >= 11 is 0. The van der Waals surface area contributed by atoms with Crippen molar-refractivity contribution in [3.05, 3.63) is 72.1 Å². The first-order chi connectivity index (χ1) is 15.0. The summed E-state index contributed by atoms with van der Waals surface area (Å²) in [6.45, 7) is -0.223. The molecule has 1 saturated heterocycles. The number of allylic oxidation sites excluding steroid dienone is 2. The Morgan fingerprint density at radius 2 is 1.61 bits per heavy atom.